The maximum atomic E-state index is 2.46. The van der Waals surface area contributed by atoms with Crippen LogP contribution in [0, 0.1) is 122 Å². The van der Waals surface area contributed by atoms with Crippen LogP contribution in [0.5, 0.6) is 0 Å². The van der Waals surface area contributed by atoms with Crippen LogP contribution >= 0.6 is 0 Å². The Bertz CT molecular complexity index is 7280. The van der Waals surface area contributed by atoms with Gasteiger partial charge in [0.05, 0.1) is 27.8 Å². The fourth-order valence-corrected chi connectivity index (χ4v) is 23.6. The van der Waals surface area contributed by atoms with Gasteiger partial charge in [0.2, 0.25) is 28.5 Å². The molecule has 0 radical (unpaired) electrons. The Morgan fingerprint density at radius 3 is 1.12 bits per heavy atom. The van der Waals surface area contributed by atoms with Gasteiger partial charge in [-0.1, -0.05) is 234 Å². The molecule has 5 aliphatic rings. The van der Waals surface area contributed by atoms with Crippen molar-refractivity contribution in [2.24, 2.45) is 46.1 Å². The summed E-state index contributed by atoms with van der Waals surface area (Å²) in [6.45, 7) is 63.4. The Labute approximate surface area is 811 Å². The number of fused-ring (bicyclic) bond motifs is 15. The highest BCUT2D eigenvalue weighted by Crippen LogP contribution is 2.52. The Balaban J connectivity index is 0.000000123. The van der Waals surface area contributed by atoms with E-state index < -0.39 is 0 Å². The van der Waals surface area contributed by atoms with Crippen LogP contribution in [0.4, 0.5) is 0 Å². The monoisotopic (exact) mass is 1780 g/mol. The van der Waals surface area contributed by atoms with Gasteiger partial charge in [-0.2, -0.15) is 0 Å². The molecule has 5 heterocycles. The highest BCUT2D eigenvalue weighted by Gasteiger charge is 2.36. The first-order valence-electron chi connectivity index (χ1n) is 49.9. The van der Waals surface area contributed by atoms with Crippen molar-refractivity contribution in [1.82, 2.24) is 0 Å². The number of hydrogen-bond acceptors (Lipinski definition) is 0. The Morgan fingerprint density at radius 2 is 0.607 bits per heavy atom. The van der Waals surface area contributed by atoms with E-state index in [1.54, 1.807) is 5.56 Å². The van der Waals surface area contributed by atoms with E-state index in [1.165, 1.54) is 279 Å². The second-order valence-electron chi connectivity index (χ2n) is 44.5. The quantitative estimate of drug-likeness (QED) is 0.122. The fourth-order valence-electron chi connectivity index (χ4n) is 23.6. The lowest BCUT2D eigenvalue weighted by molar-refractivity contribution is -0.661. The van der Waals surface area contributed by atoms with Gasteiger partial charge in [0, 0.05) is 58.1 Å². The molecule has 0 saturated heterocycles. The molecule has 5 heteroatoms. The number of benzene rings is 10. The lowest BCUT2D eigenvalue weighted by Crippen LogP contribution is -2.32. The van der Waals surface area contributed by atoms with E-state index in [9.17, 15) is 0 Å². The summed E-state index contributed by atoms with van der Waals surface area (Å²) in [4.78, 5) is 0. The molecule has 0 spiro atoms. The normalized spacial score (nSPS) is 12.6. The minimum absolute atomic E-state index is 0.290. The summed E-state index contributed by atoms with van der Waals surface area (Å²) in [6, 6.07) is 67.0. The van der Waals surface area contributed by atoms with E-state index in [0.29, 0.717) is 23.2 Å². The van der Waals surface area contributed by atoms with E-state index in [0.717, 1.165) is 44.9 Å². The average molecular weight is 1780 g/mol. The van der Waals surface area contributed by atoms with Gasteiger partial charge in [-0.3, -0.25) is 0 Å². The van der Waals surface area contributed by atoms with E-state index >= 15 is 0 Å². The molecule has 5 nitrogen and oxygen atoms in total. The van der Waals surface area contributed by atoms with Gasteiger partial charge >= 0.3 is 0 Å². The van der Waals surface area contributed by atoms with Crippen LogP contribution in [0.15, 0.2) is 207 Å². The van der Waals surface area contributed by atoms with Crippen LogP contribution in [0.2, 0.25) is 0 Å². The highest BCUT2D eigenvalue weighted by atomic mass is 14.9. The van der Waals surface area contributed by atoms with E-state index in [2.05, 4.69) is 459 Å². The molecule has 0 fully saturated rings. The predicted octanol–water partition coefficient (Wildman–Crippen LogP) is 30.2. The molecule has 0 aliphatic heterocycles. The predicted molar refractivity (Wildman–Crippen MR) is 571 cm³/mol. The first-order valence-corrected chi connectivity index (χ1v) is 49.9. The third kappa shape index (κ3) is 18.7. The van der Waals surface area contributed by atoms with E-state index in [4.69, 9.17) is 0 Å². The van der Waals surface area contributed by atoms with Gasteiger partial charge in [0.25, 0.3) is 0 Å². The zero-order valence-corrected chi connectivity index (χ0v) is 88.0. The second kappa shape index (κ2) is 37.6. The molecule has 135 heavy (non-hydrogen) atoms. The van der Waals surface area contributed by atoms with Crippen LogP contribution in [0.3, 0.4) is 0 Å². The summed E-state index contributed by atoms with van der Waals surface area (Å²) in [5.74, 6) is 1.62. The Morgan fingerprint density at radius 1 is 0.230 bits per heavy atom. The van der Waals surface area contributed by atoms with Gasteiger partial charge in [-0.25, -0.2) is 22.8 Å². The molecule has 690 valence electrons. The summed E-state index contributed by atoms with van der Waals surface area (Å²) in [5.41, 5.74) is 72.7. The topological polar surface area (TPSA) is 19.4 Å². The van der Waals surface area contributed by atoms with Crippen LogP contribution in [-0.4, -0.2) is 0 Å². The number of nitrogens with zero attached hydrogens (tertiary/aromatic N) is 5. The van der Waals surface area contributed by atoms with Gasteiger partial charge in [0.15, 0.2) is 31.0 Å². The van der Waals surface area contributed by atoms with Crippen molar-refractivity contribution in [3.05, 3.63) is 379 Å². The zero-order valence-electron chi connectivity index (χ0n) is 88.0. The number of aryl methyl sites for hydroxylation is 21. The van der Waals surface area contributed by atoms with Crippen LogP contribution in [0.25, 0.3) is 112 Å². The number of rotatable bonds is 10. The molecule has 0 atom stereocenters. The SMILES string of the molecule is Cc1c[n+](C)c(-c2c(C)ccc3c2Cc2c(C)cccc2-3)cc1C(C)C.Cc1cc(-c2c(C)cc(C)c3c2Cc2c(CC(C)(C)C)cccc2-3)[n+](C)cc1C.Cc1cc(-c2c(C)cc(C)c3c2Cc2cc(CC(C)(C)C)ccc2-3)[n+](C)cc1C.Cc1cc(-c2c(C)ccc3c2Cc2ccccc2-3)[n+](C)cc1C(C)C.Cc1ccc2c(c1)-c1ccc(C)c(-c3cc(C(C)C)c(C)c[n+]3C)c1C2. The molecule has 0 N–H and O–H groups in total. The molecule has 0 bridgehead atoms. The van der Waals surface area contributed by atoms with Gasteiger partial charge in [-0.05, 0) is 379 Å². The molecule has 0 unspecified atom stereocenters. The smallest absolute Gasteiger partial charge is 0.201 e. The first-order chi connectivity index (χ1) is 63.8. The highest BCUT2D eigenvalue weighted by molar-refractivity contribution is 5.92. The van der Waals surface area contributed by atoms with Crippen molar-refractivity contribution in [3.63, 3.8) is 0 Å². The minimum atomic E-state index is 0.290. The molecule has 0 amide bonds. The average Bonchev–Trinajstić information content (AvgIpc) is 1.69. The molecule has 15 aromatic rings. The lowest BCUT2D eigenvalue weighted by Gasteiger charge is -2.20. The molecule has 5 aliphatic carbocycles. The van der Waals surface area contributed by atoms with E-state index in [-0.39, 0.29) is 5.41 Å². The third-order valence-corrected chi connectivity index (χ3v) is 30.2. The van der Waals surface area contributed by atoms with Gasteiger partial charge in [0.1, 0.15) is 35.2 Å². The molecular weight excluding hydrogens is 1630 g/mol. The largest absolute Gasteiger partial charge is 0.213 e. The molecular formula is C130H150N5+5. The first kappa shape index (κ1) is 96.1. The van der Waals surface area contributed by atoms with Gasteiger partial charge < -0.3 is 0 Å². The van der Waals surface area contributed by atoms with Crippen LogP contribution < -0.4 is 22.8 Å². The van der Waals surface area contributed by atoms with Crippen LogP contribution in [0.1, 0.15) is 273 Å². The summed E-state index contributed by atoms with van der Waals surface area (Å²) >= 11 is 0. The zero-order chi connectivity index (χ0) is 97.1. The second-order valence-corrected chi connectivity index (χ2v) is 44.5. The summed E-state index contributed by atoms with van der Waals surface area (Å²) in [6.07, 6.45) is 18.9. The molecule has 20 rings (SSSR count). The molecule has 5 aromatic heterocycles. The van der Waals surface area contributed by atoms with Crippen molar-refractivity contribution in [1.29, 1.82) is 0 Å². The van der Waals surface area contributed by atoms with Crippen molar-refractivity contribution in [2.45, 2.75) is 257 Å². The van der Waals surface area contributed by atoms with Crippen LogP contribution in [-0.2, 0) is 80.2 Å². The summed E-state index contributed by atoms with van der Waals surface area (Å²) in [7, 11) is 10.9. The minimum Gasteiger partial charge on any atom is -0.201 e. The third-order valence-electron chi connectivity index (χ3n) is 30.2. The van der Waals surface area contributed by atoms with Crippen molar-refractivity contribution >= 4 is 0 Å². The lowest BCUT2D eigenvalue weighted by atomic mass is 9.85. The Kier molecular flexibility index (Phi) is 26.7. The number of aromatic nitrogens is 5. The van der Waals surface area contributed by atoms with Crippen molar-refractivity contribution in [2.75, 3.05) is 0 Å². The fraction of sp³-hybridized carbons (Fsp3) is 0.346. The maximum Gasteiger partial charge on any atom is 0.213 e. The van der Waals surface area contributed by atoms with Crippen molar-refractivity contribution in [3.8, 4) is 112 Å². The molecule has 10 aromatic carbocycles. The summed E-state index contributed by atoms with van der Waals surface area (Å²) < 4.78 is 11.5. The van der Waals surface area contributed by atoms with Crippen molar-refractivity contribution < 1.29 is 22.8 Å². The standard InChI is InChI=1S/2C28H34N.2C25H28N.C24H26N/c1-17-12-25(29(8)16-20(17)4)27-19(3)11-18(2)26-23-10-9-21(15-28(5,6)7)13-22(23)14-24(26)27;1-17-13-25(29(8)16-20(17)4)27-19(3)12-18(2)26-22-11-9-10-21(15-28(5,6)7)23(22)14-24(26)27;1-15(2)21-13-24(26(6)14-18(21)5)25-17(4)8-10-20-22-11-16(3)7-9-19(22)12-23(20)25;1-15(2)21-13-24(26(6)14-18(21)5)25-17(4)10-11-20-19-9-7-8-16(3)22(19)12-23(20)25;1-15(2)22-14-25(5)23(12-17(22)4)24-16(3)10-11-20-19-9-7-6-8-18(19)13-21(20)24/h2*9-13,16H,14-15H2,1-8H3;2*7-11,13-15H,12H2,1-6H3;6-12,14-15H,13H2,1-5H3/q5*+1. The maximum absolute atomic E-state index is 2.46. The summed E-state index contributed by atoms with van der Waals surface area (Å²) in [5, 5.41) is 0. The van der Waals surface area contributed by atoms with Gasteiger partial charge in [-0.15, -0.1) is 0 Å². The Hall–Kier alpha value is -12.1. The number of hydrogen-bond donors (Lipinski definition) is 0. The van der Waals surface area contributed by atoms with E-state index in [1.807, 2.05) is 0 Å². The number of pyridine rings is 5. The molecule has 0 saturated carbocycles.